The molecule has 2 heterocycles. The summed E-state index contributed by atoms with van der Waals surface area (Å²) in [4.78, 5) is 22.1. The van der Waals surface area contributed by atoms with Crippen molar-refractivity contribution in [1.29, 1.82) is 0 Å². The highest BCUT2D eigenvalue weighted by Crippen LogP contribution is 2.30. The maximum absolute atomic E-state index is 11.6. The summed E-state index contributed by atoms with van der Waals surface area (Å²) in [7, 11) is 0. The van der Waals surface area contributed by atoms with Crippen molar-refractivity contribution in [2.45, 2.75) is 20.8 Å². The Morgan fingerprint density at radius 1 is 1.42 bits per heavy atom. The number of esters is 1. The third kappa shape index (κ3) is 2.84. The van der Waals surface area contributed by atoms with Gasteiger partial charge in [-0.05, 0) is 31.7 Å². The lowest BCUT2D eigenvalue weighted by atomic mass is 10.3. The molecular weight excluding hydrogens is 262 g/mol. The van der Waals surface area contributed by atoms with E-state index in [1.165, 1.54) is 0 Å². The van der Waals surface area contributed by atoms with Crippen LogP contribution < -0.4 is 4.90 Å². The molecule has 2 aromatic rings. The number of hydrogen-bond donors (Lipinski definition) is 0. The van der Waals surface area contributed by atoms with E-state index < -0.39 is 0 Å². The van der Waals surface area contributed by atoms with Crippen LogP contribution in [0.2, 0.25) is 0 Å². The summed E-state index contributed by atoms with van der Waals surface area (Å²) in [6.07, 6.45) is 1.55. The fourth-order valence-electron chi connectivity index (χ4n) is 1.88. The van der Waals surface area contributed by atoms with E-state index in [0.717, 1.165) is 21.6 Å². The zero-order valence-electron chi connectivity index (χ0n) is 11.3. The van der Waals surface area contributed by atoms with Gasteiger partial charge in [0.25, 0.3) is 0 Å². The molecule has 0 unspecified atom stereocenters. The molecule has 0 atom stereocenters. The predicted octanol–water partition coefficient (Wildman–Crippen LogP) is 2.39. The van der Waals surface area contributed by atoms with Crippen molar-refractivity contribution in [2.24, 2.45) is 0 Å². The van der Waals surface area contributed by atoms with Crippen LogP contribution in [0.4, 0.5) is 5.82 Å². The van der Waals surface area contributed by atoms with E-state index in [2.05, 4.69) is 15.3 Å². The van der Waals surface area contributed by atoms with Gasteiger partial charge in [-0.25, -0.2) is 9.97 Å². The van der Waals surface area contributed by atoms with Crippen LogP contribution in [-0.2, 0) is 9.53 Å². The van der Waals surface area contributed by atoms with Gasteiger partial charge < -0.3 is 9.64 Å². The summed E-state index contributed by atoms with van der Waals surface area (Å²) >= 11 is 1.61. The zero-order valence-corrected chi connectivity index (χ0v) is 12.2. The molecule has 2 rings (SSSR count). The number of ether oxygens (including phenoxy) is 1. The molecule has 2 aromatic heterocycles. The molecule has 0 amide bonds. The number of nitrogens with zero attached hydrogens (tertiary/aromatic N) is 3. The summed E-state index contributed by atoms with van der Waals surface area (Å²) in [6.45, 7) is 7.13. The van der Waals surface area contributed by atoms with Crippen LogP contribution in [0.1, 0.15) is 19.4 Å². The monoisotopic (exact) mass is 279 g/mol. The maximum atomic E-state index is 11.6. The Morgan fingerprint density at radius 2 is 2.21 bits per heavy atom. The normalized spacial score (nSPS) is 10.7. The second kappa shape index (κ2) is 5.97. The molecule has 0 bridgehead atoms. The Balaban J connectivity index is 2.32. The van der Waals surface area contributed by atoms with Gasteiger partial charge in [0.1, 0.15) is 12.9 Å². The Hall–Kier alpha value is -1.69. The lowest BCUT2D eigenvalue weighted by molar-refractivity contribution is -0.141. The number of anilines is 1. The SMILES string of the molecule is CCOC(=O)CN(CC)c1ncnc2c(C)csc12. The fraction of sp³-hybridized carbons (Fsp3) is 0.462. The second-order valence-electron chi connectivity index (χ2n) is 4.11. The summed E-state index contributed by atoms with van der Waals surface area (Å²) < 4.78 is 6.01. The Labute approximate surface area is 116 Å². The first-order valence-corrected chi connectivity index (χ1v) is 7.14. The molecular formula is C13H17N3O2S. The number of thiophene rings is 1. The number of likely N-dealkylation sites (N-methyl/N-ethyl adjacent to an activating group) is 1. The van der Waals surface area contributed by atoms with Gasteiger partial charge in [-0.2, -0.15) is 0 Å². The molecule has 0 aliphatic rings. The lowest BCUT2D eigenvalue weighted by Gasteiger charge is -2.20. The summed E-state index contributed by atoms with van der Waals surface area (Å²) in [6, 6.07) is 0. The number of fused-ring (bicyclic) bond motifs is 1. The summed E-state index contributed by atoms with van der Waals surface area (Å²) in [5.74, 6) is 0.572. The molecule has 0 aromatic carbocycles. The Bertz CT molecular complexity index is 582. The molecule has 102 valence electrons. The van der Waals surface area contributed by atoms with Crippen molar-refractivity contribution in [3.63, 3.8) is 0 Å². The van der Waals surface area contributed by atoms with Crippen molar-refractivity contribution < 1.29 is 9.53 Å². The van der Waals surface area contributed by atoms with Crippen LogP contribution in [0, 0.1) is 6.92 Å². The van der Waals surface area contributed by atoms with Crippen LogP contribution in [0.3, 0.4) is 0 Å². The minimum atomic E-state index is -0.232. The molecule has 0 fully saturated rings. The summed E-state index contributed by atoms with van der Waals surface area (Å²) in [5, 5.41) is 2.06. The molecule has 0 radical (unpaired) electrons. The van der Waals surface area contributed by atoms with E-state index in [1.54, 1.807) is 24.6 Å². The first-order valence-electron chi connectivity index (χ1n) is 6.26. The average molecular weight is 279 g/mol. The first-order chi connectivity index (χ1) is 9.17. The summed E-state index contributed by atoms with van der Waals surface area (Å²) in [5.41, 5.74) is 2.09. The van der Waals surface area contributed by atoms with Crippen LogP contribution in [0.25, 0.3) is 10.2 Å². The van der Waals surface area contributed by atoms with Crippen LogP contribution in [0.15, 0.2) is 11.7 Å². The molecule has 0 spiro atoms. The van der Waals surface area contributed by atoms with Crippen LogP contribution in [-0.4, -0.2) is 35.6 Å². The van der Waals surface area contributed by atoms with Crippen molar-refractivity contribution in [3.8, 4) is 0 Å². The number of aryl methyl sites for hydroxylation is 1. The van der Waals surface area contributed by atoms with E-state index in [4.69, 9.17) is 4.74 Å². The van der Waals surface area contributed by atoms with Crippen LogP contribution in [0.5, 0.6) is 0 Å². The standard InChI is InChI=1S/C13H17N3O2S/c1-4-16(6-10(17)18-5-2)13-12-11(14-8-15-13)9(3)7-19-12/h7-8H,4-6H2,1-3H3. The van der Waals surface area contributed by atoms with Gasteiger partial charge in [0, 0.05) is 6.54 Å². The predicted molar refractivity (Wildman–Crippen MR) is 76.7 cm³/mol. The number of carbonyl (C=O) groups excluding carboxylic acids is 1. The molecule has 6 heteroatoms. The van der Waals surface area contributed by atoms with Gasteiger partial charge in [-0.3, -0.25) is 4.79 Å². The lowest BCUT2D eigenvalue weighted by Crippen LogP contribution is -2.31. The first kappa shape index (κ1) is 13.7. The minimum Gasteiger partial charge on any atom is -0.465 e. The Kier molecular flexibility index (Phi) is 4.31. The van der Waals surface area contributed by atoms with Crippen molar-refractivity contribution in [3.05, 3.63) is 17.3 Å². The highest BCUT2D eigenvalue weighted by atomic mass is 32.1. The Morgan fingerprint density at radius 3 is 2.89 bits per heavy atom. The topological polar surface area (TPSA) is 55.3 Å². The average Bonchev–Trinajstić information content (AvgIpc) is 2.78. The number of hydrogen-bond acceptors (Lipinski definition) is 6. The maximum Gasteiger partial charge on any atom is 0.325 e. The van der Waals surface area contributed by atoms with E-state index in [-0.39, 0.29) is 12.5 Å². The largest absolute Gasteiger partial charge is 0.465 e. The van der Waals surface area contributed by atoms with E-state index in [1.807, 2.05) is 18.7 Å². The molecule has 0 saturated carbocycles. The third-order valence-electron chi connectivity index (χ3n) is 2.82. The van der Waals surface area contributed by atoms with Crippen LogP contribution >= 0.6 is 11.3 Å². The molecule has 0 aliphatic heterocycles. The molecule has 19 heavy (non-hydrogen) atoms. The van der Waals surface area contributed by atoms with Gasteiger partial charge in [-0.1, -0.05) is 0 Å². The van der Waals surface area contributed by atoms with E-state index in [9.17, 15) is 4.79 Å². The fourth-order valence-corrected chi connectivity index (χ4v) is 2.90. The van der Waals surface area contributed by atoms with Crippen molar-refractivity contribution in [2.75, 3.05) is 24.6 Å². The smallest absolute Gasteiger partial charge is 0.325 e. The van der Waals surface area contributed by atoms with Gasteiger partial charge in [0.2, 0.25) is 0 Å². The third-order valence-corrected chi connectivity index (χ3v) is 3.90. The molecule has 5 nitrogen and oxygen atoms in total. The molecule has 0 saturated heterocycles. The highest BCUT2D eigenvalue weighted by molar-refractivity contribution is 7.18. The van der Waals surface area contributed by atoms with Gasteiger partial charge in [0.15, 0.2) is 5.82 Å². The number of carbonyl (C=O) groups is 1. The van der Waals surface area contributed by atoms with E-state index in [0.29, 0.717) is 13.2 Å². The number of aromatic nitrogens is 2. The van der Waals surface area contributed by atoms with E-state index >= 15 is 0 Å². The zero-order chi connectivity index (χ0) is 13.8. The quantitative estimate of drug-likeness (QED) is 0.787. The van der Waals surface area contributed by atoms with Crippen molar-refractivity contribution >= 4 is 33.3 Å². The second-order valence-corrected chi connectivity index (χ2v) is 4.99. The minimum absolute atomic E-state index is 0.216. The highest BCUT2D eigenvalue weighted by Gasteiger charge is 2.16. The van der Waals surface area contributed by atoms with Gasteiger partial charge >= 0.3 is 5.97 Å². The molecule has 0 N–H and O–H groups in total. The van der Waals surface area contributed by atoms with Crippen molar-refractivity contribution in [1.82, 2.24) is 9.97 Å². The number of rotatable bonds is 5. The van der Waals surface area contributed by atoms with Gasteiger partial charge in [-0.15, -0.1) is 11.3 Å². The van der Waals surface area contributed by atoms with Gasteiger partial charge in [0.05, 0.1) is 16.8 Å². The molecule has 0 aliphatic carbocycles.